The summed E-state index contributed by atoms with van der Waals surface area (Å²) in [5.74, 6) is 2.04. The monoisotopic (exact) mass is 410 g/mol. The molecule has 1 aromatic heterocycles. The van der Waals surface area contributed by atoms with Gasteiger partial charge in [0.25, 0.3) is 0 Å². The molecule has 0 atom stereocenters. The van der Waals surface area contributed by atoms with Gasteiger partial charge in [0.15, 0.2) is 11.5 Å². The minimum absolute atomic E-state index is 0.161. The van der Waals surface area contributed by atoms with Crippen LogP contribution in [0.4, 0.5) is 17.3 Å². The Morgan fingerprint density at radius 2 is 1.70 bits per heavy atom. The van der Waals surface area contributed by atoms with E-state index in [-0.39, 0.29) is 6.61 Å². The molecular formula is C22H26N4O4. The molecule has 1 heterocycles. The average Bonchev–Trinajstić information content (AvgIpc) is 2.79. The molecule has 0 saturated carbocycles. The van der Waals surface area contributed by atoms with Crippen molar-refractivity contribution in [2.45, 2.75) is 6.42 Å². The summed E-state index contributed by atoms with van der Waals surface area (Å²) in [5.41, 5.74) is 3.42. The first-order chi connectivity index (χ1) is 14.7. The van der Waals surface area contributed by atoms with E-state index >= 15 is 0 Å². The SMILES string of the molecule is COc1cc(Nc2nccc(-c3cccc(NCCCO)c3)n2)cc(OC)c1OC. The molecular weight excluding hydrogens is 384 g/mol. The fraction of sp³-hybridized carbons (Fsp3) is 0.273. The number of anilines is 3. The highest BCUT2D eigenvalue weighted by Gasteiger charge is 2.14. The normalized spacial score (nSPS) is 10.4. The summed E-state index contributed by atoms with van der Waals surface area (Å²) in [4.78, 5) is 8.94. The lowest BCUT2D eigenvalue weighted by Crippen LogP contribution is -2.03. The van der Waals surface area contributed by atoms with Crippen molar-refractivity contribution in [1.29, 1.82) is 0 Å². The molecule has 0 saturated heterocycles. The van der Waals surface area contributed by atoms with Gasteiger partial charge in [0, 0.05) is 48.4 Å². The third-order valence-corrected chi connectivity index (χ3v) is 4.40. The highest BCUT2D eigenvalue weighted by Crippen LogP contribution is 2.40. The highest BCUT2D eigenvalue weighted by atomic mass is 16.5. The van der Waals surface area contributed by atoms with Gasteiger partial charge >= 0.3 is 0 Å². The maximum absolute atomic E-state index is 8.94. The lowest BCUT2D eigenvalue weighted by molar-refractivity contribution is 0.292. The minimum Gasteiger partial charge on any atom is -0.493 e. The van der Waals surface area contributed by atoms with E-state index in [4.69, 9.17) is 19.3 Å². The van der Waals surface area contributed by atoms with Crippen LogP contribution in [0.25, 0.3) is 11.3 Å². The Morgan fingerprint density at radius 3 is 2.37 bits per heavy atom. The first-order valence-electron chi connectivity index (χ1n) is 9.53. The van der Waals surface area contributed by atoms with E-state index in [2.05, 4.69) is 20.6 Å². The van der Waals surface area contributed by atoms with Gasteiger partial charge in [-0.05, 0) is 24.6 Å². The summed E-state index contributed by atoms with van der Waals surface area (Å²) >= 11 is 0. The number of aliphatic hydroxyl groups is 1. The van der Waals surface area contributed by atoms with Crippen molar-refractivity contribution in [3.63, 3.8) is 0 Å². The Kier molecular flexibility index (Phi) is 7.29. The fourth-order valence-corrected chi connectivity index (χ4v) is 2.96. The quantitative estimate of drug-likeness (QED) is 0.435. The van der Waals surface area contributed by atoms with Crippen LogP contribution in [-0.4, -0.2) is 49.6 Å². The van der Waals surface area contributed by atoms with Crippen molar-refractivity contribution in [3.8, 4) is 28.5 Å². The summed E-state index contributed by atoms with van der Waals surface area (Å²) in [7, 11) is 4.70. The number of nitrogens with zero attached hydrogens (tertiary/aromatic N) is 2. The van der Waals surface area contributed by atoms with Crippen LogP contribution >= 0.6 is 0 Å². The molecule has 0 aliphatic rings. The van der Waals surface area contributed by atoms with Crippen molar-refractivity contribution < 1.29 is 19.3 Å². The fourth-order valence-electron chi connectivity index (χ4n) is 2.96. The zero-order valence-electron chi connectivity index (χ0n) is 17.3. The molecule has 3 rings (SSSR count). The molecule has 0 spiro atoms. The van der Waals surface area contributed by atoms with Crippen LogP contribution in [0.2, 0.25) is 0 Å². The predicted molar refractivity (Wildman–Crippen MR) is 117 cm³/mol. The lowest BCUT2D eigenvalue weighted by Gasteiger charge is -2.15. The van der Waals surface area contributed by atoms with Crippen molar-refractivity contribution >= 4 is 17.3 Å². The van der Waals surface area contributed by atoms with Crippen LogP contribution in [0.1, 0.15) is 6.42 Å². The number of hydrogen-bond donors (Lipinski definition) is 3. The molecule has 8 nitrogen and oxygen atoms in total. The second kappa shape index (κ2) is 10.3. The number of benzene rings is 2. The highest BCUT2D eigenvalue weighted by molar-refractivity contribution is 5.68. The van der Waals surface area contributed by atoms with Gasteiger partial charge in [-0.3, -0.25) is 0 Å². The summed E-state index contributed by atoms with van der Waals surface area (Å²) in [6.45, 7) is 0.867. The Labute approximate surface area is 175 Å². The standard InChI is InChI=1S/C22H26N4O4/c1-28-19-13-17(14-20(29-2)21(19)30-3)25-22-24-10-8-18(26-22)15-6-4-7-16(12-15)23-9-5-11-27/h4,6-8,10,12-14,23,27H,5,9,11H2,1-3H3,(H,24,25,26). The van der Waals surface area contributed by atoms with E-state index in [1.807, 2.05) is 30.3 Å². The summed E-state index contributed by atoms with van der Waals surface area (Å²) in [5, 5.41) is 15.4. The van der Waals surface area contributed by atoms with E-state index in [1.165, 1.54) is 0 Å². The smallest absolute Gasteiger partial charge is 0.227 e. The van der Waals surface area contributed by atoms with E-state index in [0.29, 0.717) is 41.8 Å². The molecule has 8 heteroatoms. The Bertz CT molecular complexity index is 956. The van der Waals surface area contributed by atoms with E-state index < -0.39 is 0 Å². The predicted octanol–water partition coefficient (Wildman–Crippen LogP) is 3.71. The molecule has 0 fully saturated rings. The topological polar surface area (TPSA) is 97.8 Å². The van der Waals surface area contributed by atoms with Gasteiger partial charge in [0.05, 0.1) is 27.0 Å². The van der Waals surface area contributed by atoms with Crippen LogP contribution in [0.5, 0.6) is 17.2 Å². The summed E-state index contributed by atoms with van der Waals surface area (Å²) < 4.78 is 16.1. The molecule has 0 aliphatic carbocycles. The number of ether oxygens (including phenoxy) is 3. The molecule has 3 N–H and O–H groups in total. The molecule has 0 bridgehead atoms. The van der Waals surface area contributed by atoms with Crippen molar-refractivity contribution in [1.82, 2.24) is 9.97 Å². The van der Waals surface area contributed by atoms with Crippen molar-refractivity contribution in [2.24, 2.45) is 0 Å². The zero-order chi connectivity index (χ0) is 21.3. The van der Waals surface area contributed by atoms with Gasteiger partial charge in [0.1, 0.15) is 0 Å². The van der Waals surface area contributed by atoms with E-state index in [1.54, 1.807) is 39.7 Å². The first kappa shape index (κ1) is 21.2. The van der Waals surface area contributed by atoms with Crippen molar-refractivity contribution in [3.05, 3.63) is 48.7 Å². The Morgan fingerprint density at radius 1 is 0.933 bits per heavy atom. The summed E-state index contributed by atoms with van der Waals surface area (Å²) in [6, 6.07) is 13.4. The lowest BCUT2D eigenvalue weighted by atomic mass is 10.1. The summed E-state index contributed by atoms with van der Waals surface area (Å²) in [6.07, 6.45) is 2.40. The molecule has 0 unspecified atom stereocenters. The Balaban J connectivity index is 1.84. The molecule has 0 aliphatic heterocycles. The maximum atomic E-state index is 8.94. The second-order valence-electron chi connectivity index (χ2n) is 6.39. The third-order valence-electron chi connectivity index (χ3n) is 4.40. The van der Waals surface area contributed by atoms with Crippen molar-refractivity contribution in [2.75, 3.05) is 45.1 Å². The van der Waals surface area contributed by atoms with Crippen LogP contribution < -0.4 is 24.8 Å². The minimum atomic E-state index is 0.161. The number of methoxy groups -OCH3 is 3. The number of hydrogen-bond acceptors (Lipinski definition) is 8. The van der Waals surface area contributed by atoms with Crippen LogP contribution in [0.3, 0.4) is 0 Å². The first-order valence-corrected chi connectivity index (χ1v) is 9.53. The maximum Gasteiger partial charge on any atom is 0.227 e. The Hall–Kier alpha value is -3.52. The number of rotatable bonds is 10. The molecule has 2 aromatic carbocycles. The van der Waals surface area contributed by atoms with Crippen LogP contribution in [0.15, 0.2) is 48.7 Å². The van der Waals surface area contributed by atoms with Gasteiger partial charge in [0.2, 0.25) is 11.7 Å². The number of nitrogens with one attached hydrogen (secondary N) is 2. The molecule has 3 aromatic rings. The van der Waals surface area contributed by atoms with Gasteiger partial charge in [-0.15, -0.1) is 0 Å². The van der Waals surface area contributed by atoms with Crippen LogP contribution in [-0.2, 0) is 0 Å². The molecule has 30 heavy (non-hydrogen) atoms. The average molecular weight is 410 g/mol. The van der Waals surface area contributed by atoms with E-state index in [9.17, 15) is 0 Å². The van der Waals surface area contributed by atoms with Gasteiger partial charge in [-0.1, -0.05) is 12.1 Å². The van der Waals surface area contributed by atoms with Crippen LogP contribution in [0, 0.1) is 0 Å². The molecule has 0 radical (unpaired) electrons. The largest absolute Gasteiger partial charge is 0.493 e. The number of aromatic nitrogens is 2. The molecule has 158 valence electrons. The second-order valence-corrected chi connectivity index (χ2v) is 6.39. The number of aliphatic hydroxyl groups excluding tert-OH is 1. The third kappa shape index (κ3) is 5.09. The zero-order valence-corrected chi connectivity index (χ0v) is 17.3. The molecule has 0 amide bonds. The van der Waals surface area contributed by atoms with Gasteiger partial charge in [-0.2, -0.15) is 0 Å². The van der Waals surface area contributed by atoms with Gasteiger partial charge < -0.3 is 30.0 Å². The van der Waals surface area contributed by atoms with E-state index in [0.717, 1.165) is 16.9 Å². The van der Waals surface area contributed by atoms with Gasteiger partial charge in [-0.25, -0.2) is 9.97 Å².